The number of benzene rings is 2. The van der Waals surface area contributed by atoms with Gasteiger partial charge in [-0.05, 0) is 67.6 Å². The molecular weight excluding hydrogens is 486 g/mol. The molecule has 2 fully saturated rings. The van der Waals surface area contributed by atoms with Crippen LogP contribution in [0.2, 0.25) is 0 Å². The van der Waals surface area contributed by atoms with Crippen LogP contribution in [0, 0.1) is 11.8 Å². The number of nitrogens with one attached hydrogen (secondary N) is 1. The van der Waals surface area contributed by atoms with Crippen molar-refractivity contribution < 1.29 is 9.59 Å². The van der Waals surface area contributed by atoms with Crippen molar-refractivity contribution in [2.24, 2.45) is 17.6 Å². The van der Waals surface area contributed by atoms with Gasteiger partial charge in [0.25, 0.3) is 0 Å². The average molecular weight is 526 g/mol. The van der Waals surface area contributed by atoms with Crippen molar-refractivity contribution in [2.45, 2.75) is 70.4 Å². The van der Waals surface area contributed by atoms with Crippen LogP contribution < -0.4 is 11.1 Å². The van der Waals surface area contributed by atoms with Crippen LogP contribution in [0.3, 0.4) is 0 Å². The number of aromatic nitrogens is 2. The van der Waals surface area contributed by atoms with E-state index in [0.717, 1.165) is 66.5 Å². The monoisotopic (exact) mass is 525 g/mol. The molecule has 0 spiro atoms. The fraction of sp³-hybridized carbons (Fsp3) is 0.438. The molecule has 1 aromatic heterocycles. The van der Waals surface area contributed by atoms with Crippen LogP contribution in [-0.2, 0) is 15.1 Å². The maximum absolute atomic E-state index is 12.9. The Kier molecular flexibility index (Phi) is 7.80. The van der Waals surface area contributed by atoms with E-state index in [1.54, 1.807) is 6.92 Å². The fourth-order valence-electron chi connectivity index (χ4n) is 6.33. The van der Waals surface area contributed by atoms with Gasteiger partial charge in [-0.25, -0.2) is 0 Å². The van der Waals surface area contributed by atoms with Crippen molar-refractivity contribution in [1.82, 2.24) is 15.1 Å². The molecule has 3 N–H and O–H groups in total. The molecule has 0 radical (unpaired) electrons. The van der Waals surface area contributed by atoms with Crippen LogP contribution in [0.5, 0.6) is 0 Å². The van der Waals surface area contributed by atoms with E-state index in [-0.39, 0.29) is 23.4 Å². The van der Waals surface area contributed by atoms with Crippen molar-refractivity contribution in [3.8, 4) is 22.4 Å². The van der Waals surface area contributed by atoms with E-state index in [1.165, 1.54) is 0 Å². The number of nitrogens with zero attached hydrogens (tertiary/aromatic N) is 3. The zero-order chi connectivity index (χ0) is 27.6. The quantitative estimate of drug-likeness (QED) is 0.408. The lowest BCUT2D eigenvalue weighted by molar-refractivity contribution is -0.130. The molecule has 5 rings (SSSR count). The van der Waals surface area contributed by atoms with E-state index in [4.69, 9.17) is 5.73 Å². The number of anilines is 1. The highest BCUT2D eigenvalue weighted by atomic mass is 16.2. The highest BCUT2D eigenvalue weighted by Crippen LogP contribution is 2.43. The van der Waals surface area contributed by atoms with Crippen LogP contribution in [0.4, 0.5) is 5.82 Å². The average Bonchev–Trinajstić information content (AvgIpc) is 2.93. The van der Waals surface area contributed by atoms with Crippen LogP contribution in [-0.4, -0.2) is 40.0 Å². The summed E-state index contributed by atoms with van der Waals surface area (Å²) in [6.07, 6.45) is 6.21. The second-order valence-corrected chi connectivity index (χ2v) is 11.7. The number of carbonyl (C=O) groups is 2. The first-order valence-corrected chi connectivity index (χ1v) is 14.1. The summed E-state index contributed by atoms with van der Waals surface area (Å²) in [5, 5.41) is 11.9. The van der Waals surface area contributed by atoms with Crippen molar-refractivity contribution >= 4 is 17.6 Å². The van der Waals surface area contributed by atoms with Crippen molar-refractivity contribution in [2.75, 3.05) is 12.4 Å². The molecule has 39 heavy (non-hydrogen) atoms. The highest BCUT2D eigenvalue weighted by Gasteiger charge is 2.39. The van der Waals surface area contributed by atoms with Gasteiger partial charge in [-0.15, -0.1) is 10.2 Å². The molecule has 2 aliphatic rings. The molecule has 2 saturated carbocycles. The van der Waals surface area contributed by atoms with Crippen LogP contribution in [0.15, 0.2) is 60.7 Å². The molecule has 204 valence electrons. The lowest BCUT2D eigenvalue weighted by atomic mass is 9.66. The first-order chi connectivity index (χ1) is 18.7. The molecule has 0 atom stereocenters. The number of rotatable bonds is 7. The predicted molar refractivity (Wildman–Crippen MR) is 155 cm³/mol. The summed E-state index contributed by atoms with van der Waals surface area (Å²) < 4.78 is 0. The topological polar surface area (TPSA) is 101 Å². The van der Waals surface area contributed by atoms with Crippen LogP contribution in [0.25, 0.3) is 22.4 Å². The lowest BCUT2D eigenvalue weighted by Crippen LogP contribution is -2.47. The molecule has 0 unspecified atom stereocenters. The molecule has 0 saturated heterocycles. The molecule has 7 heteroatoms. The molecular formula is C32H39N5O2. The summed E-state index contributed by atoms with van der Waals surface area (Å²) in [7, 11) is 1.87. The Labute approximate surface area is 231 Å². The van der Waals surface area contributed by atoms with Gasteiger partial charge in [-0.2, -0.15) is 0 Å². The molecule has 0 aliphatic heterocycles. The summed E-state index contributed by atoms with van der Waals surface area (Å²) >= 11 is 0. The van der Waals surface area contributed by atoms with Crippen molar-refractivity contribution in [1.29, 1.82) is 0 Å². The number of hydrogen-bond donors (Lipinski definition) is 2. The molecule has 1 heterocycles. The molecule has 2 aromatic carbocycles. The second kappa shape index (κ2) is 11.3. The minimum absolute atomic E-state index is 0.0493. The van der Waals surface area contributed by atoms with Gasteiger partial charge in [0.15, 0.2) is 5.82 Å². The highest BCUT2D eigenvalue weighted by molar-refractivity contribution is 5.91. The van der Waals surface area contributed by atoms with Gasteiger partial charge < -0.3 is 16.0 Å². The van der Waals surface area contributed by atoms with Gasteiger partial charge in [0.05, 0.1) is 0 Å². The molecule has 0 bridgehead atoms. The number of nitrogens with two attached hydrogens (primary N) is 1. The predicted octanol–water partition coefficient (Wildman–Crippen LogP) is 5.76. The Morgan fingerprint density at radius 3 is 2.26 bits per heavy atom. The van der Waals surface area contributed by atoms with Gasteiger partial charge in [-0.3, -0.25) is 9.59 Å². The Morgan fingerprint density at radius 1 is 0.974 bits per heavy atom. The summed E-state index contributed by atoms with van der Waals surface area (Å²) in [4.78, 5) is 26.4. The van der Waals surface area contributed by atoms with E-state index in [0.29, 0.717) is 24.1 Å². The van der Waals surface area contributed by atoms with E-state index in [1.807, 2.05) is 48.3 Å². The van der Waals surface area contributed by atoms with Gasteiger partial charge in [0, 0.05) is 43.1 Å². The fourth-order valence-corrected chi connectivity index (χ4v) is 6.33. The maximum Gasteiger partial charge on any atom is 0.225 e. The lowest BCUT2D eigenvalue weighted by Gasteiger charge is -2.44. The summed E-state index contributed by atoms with van der Waals surface area (Å²) in [5.74, 6) is 1.47. The van der Waals surface area contributed by atoms with Gasteiger partial charge in [0.2, 0.25) is 11.8 Å². The van der Waals surface area contributed by atoms with Gasteiger partial charge in [-0.1, -0.05) is 61.5 Å². The minimum Gasteiger partial charge on any atom is -0.343 e. The van der Waals surface area contributed by atoms with E-state index < -0.39 is 0 Å². The van der Waals surface area contributed by atoms with E-state index >= 15 is 0 Å². The Bertz CT molecular complexity index is 1310. The zero-order valence-corrected chi connectivity index (χ0v) is 23.2. The van der Waals surface area contributed by atoms with Gasteiger partial charge >= 0.3 is 0 Å². The summed E-state index contributed by atoms with van der Waals surface area (Å²) in [6, 6.07) is 20.6. The number of hydrogen-bond acceptors (Lipinski definition) is 5. The second-order valence-electron chi connectivity index (χ2n) is 11.7. The molecule has 7 nitrogen and oxygen atoms in total. The largest absolute Gasteiger partial charge is 0.343 e. The third kappa shape index (κ3) is 6.04. The molecule has 3 aromatic rings. The first-order valence-electron chi connectivity index (χ1n) is 14.1. The first kappa shape index (κ1) is 27.0. The Hall–Kier alpha value is -3.58. The zero-order valence-electron chi connectivity index (χ0n) is 23.2. The smallest absolute Gasteiger partial charge is 0.225 e. The van der Waals surface area contributed by atoms with Gasteiger partial charge in [0.1, 0.15) is 5.69 Å². The SMILES string of the molecule is CC(=O)N(C)C1CCC(CC(=O)Nc2cc(-c3ccccc3)c(-c3ccc(C4(N)CC(C)C4)cc3)nn2)CC1. The Balaban J connectivity index is 1.30. The summed E-state index contributed by atoms with van der Waals surface area (Å²) in [6.45, 7) is 3.84. The van der Waals surface area contributed by atoms with Crippen molar-refractivity contribution in [3.63, 3.8) is 0 Å². The third-order valence-corrected chi connectivity index (χ3v) is 8.64. The minimum atomic E-state index is -0.234. The van der Waals surface area contributed by atoms with Crippen molar-refractivity contribution in [3.05, 3.63) is 66.2 Å². The van der Waals surface area contributed by atoms with Crippen LogP contribution in [0.1, 0.15) is 64.4 Å². The van der Waals surface area contributed by atoms with E-state index in [9.17, 15) is 9.59 Å². The maximum atomic E-state index is 12.9. The molecule has 2 amide bonds. The van der Waals surface area contributed by atoms with Crippen LogP contribution >= 0.6 is 0 Å². The number of amides is 2. The number of carbonyl (C=O) groups excluding carboxylic acids is 2. The third-order valence-electron chi connectivity index (χ3n) is 8.64. The summed E-state index contributed by atoms with van der Waals surface area (Å²) in [5.41, 5.74) is 11.2. The Morgan fingerprint density at radius 2 is 1.64 bits per heavy atom. The standard InChI is InChI=1S/C32H39N5O2/c1-21-19-32(33,20-21)26-13-11-25(12-14-26)31-28(24-7-5-4-6-8-24)18-29(35-36-31)34-30(39)17-23-9-15-27(16-10-23)37(3)22(2)38/h4-8,11-14,18,21,23,27H,9-10,15-17,19-20,33H2,1-3H3,(H,34,35,39). The normalized spacial score (nSPS) is 24.5. The van der Waals surface area contributed by atoms with E-state index in [2.05, 4.69) is 46.7 Å². The molecule has 2 aliphatic carbocycles.